The van der Waals surface area contributed by atoms with E-state index in [1.54, 1.807) is 0 Å². The molecule has 1 aromatic rings. The molecule has 1 aromatic carbocycles. The highest BCUT2D eigenvalue weighted by Gasteiger charge is 2.28. The number of nitrogens with one attached hydrogen (secondary N) is 1. The van der Waals surface area contributed by atoms with Gasteiger partial charge in [-0.15, -0.1) is 0 Å². The van der Waals surface area contributed by atoms with Crippen LogP contribution in [-0.2, 0) is 4.74 Å². The Morgan fingerprint density at radius 3 is 2.57 bits per heavy atom. The lowest BCUT2D eigenvalue weighted by molar-refractivity contribution is -0.0109. The number of amides is 2. The van der Waals surface area contributed by atoms with Crippen LogP contribution >= 0.6 is 0 Å². The Bertz CT molecular complexity index is 634. The Hall–Kier alpha value is -1.79. The number of anilines is 1. The predicted molar refractivity (Wildman–Crippen MR) is 110 cm³/mol. The summed E-state index contributed by atoms with van der Waals surface area (Å²) in [5.74, 6) is 0.719. The van der Waals surface area contributed by atoms with Gasteiger partial charge >= 0.3 is 6.03 Å². The van der Waals surface area contributed by atoms with Crippen LogP contribution in [0.1, 0.15) is 44.9 Å². The second-order valence-electron chi connectivity index (χ2n) is 8.19. The van der Waals surface area contributed by atoms with Gasteiger partial charge in [0.25, 0.3) is 0 Å². The minimum absolute atomic E-state index is 0.0233. The first-order chi connectivity index (χ1) is 13.8. The molecule has 0 bridgehead atoms. The van der Waals surface area contributed by atoms with Gasteiger partial charge in [-0.2, -0.15) is 0 Å². The van der Waals surface area contributed by atoms with Crippen LogP contribution in [0.2, 0.25) is 0 Å². The van der Waals surface area contributed by atoms with Crippen LogP contribution in [0.4, 0.5) is 10.5 Å². The Labute approximate surface area is 168 Å². The third kappa shape index (κ3) is 4.97. The molecule has 3 saturated heterocycles. The van der Waals surface area contributed by atoms with Crippen LogP contribution in [0, 0.1) is 0 Å². The van der Waals surface area contributed by atoms with Crippen LogP contribution in [0.3, 0.4) is 0 Å². The van der Waals surface area contributed by atoms with E-state index in [9.17, 15) is 4.79 Å². The molecular formula is C22H33N3O3. The highest BCUT2D eigenvalue weighted by atomic mass is 16.5. The molecule has 6 heteroatoms. The number of carbonyl (C=O) groups excluding carboxylic acids is 1. The lowest BCUT2D eigenvalue weighted by Crippen LogP contribution is -2.47. The third-order valence-corrected chi connectivity index (χ3v) is 6.24. The van der Waals surface area contributed by atoms with Crippen LogP contribution in [0.15, 0.2) is 24.3 Å². The van der Waals surface area contributed by atoms with E-state index in [0.717, 1.165) is 56.8 Å². The number of hydrogen-bond acceptors (Lipinski definition) is 4. The molecular weight excluding hydrogens is 354 g/mol. The number of ether oxygens (including phenoxy) is 2. The van der Waals surface area contributed by atoms with Gasteiger partial charge in [-0.25, -0.2) is 4.79 Å². The minimum atomic E-state index is -0.0233. The Morgan fingerprint density at radius 1 is 1.04 bits per heavy atom. The summed E-state index contributed by atoms with van der Waals surface area (Å²) in [5.41, 5.74) is 0.741. The zero-order valence-electron chi connectivity index (χ0n) is 16.8. The minimum Gasteiger partial charge on any atom is -0.489 e. The lowest BCUT2D eigenvalue weighted by Gasteiger charge is -2.36. The topological polar surface area (TPSA) is 54.0 Å². The summed E-state index contributed by atoms with van der Waals surface area (Å²) in [6, 6.07) is 8.32. The monoisotopic (exact) mass is 387 g/mol. The first-order valence-electron chi connectivity index (χ1n) is 10.9. The van der Waals surface area contributed by atoms with Crippen LogP contribution in [0.5, 0.6) is 5.75 Å². The molecule has 3 aliphatic heterocycles. The largest absolute Gasteiger partial charge is 0.489 e. The molecule has 0 saturated carbocycles. The van der Waals surface area contributed by atoms with Gasteiger partial charge in [-0.3, -0.25) is 0 Å². The Morgan fingerprint density at radius 2 is 1.82 bits per heavy atom. The van der Waals surface area contributed by atoms with E-state index >= 15 is 0 Å². The predicted octanol–water partition coefficient (Wildman–Crippen LogP) is 3.73. The van der Waals surface area contributed by atoms with Gasteiger partial charge in [-0.1, -0.05) is 12.1 Å². The normalized spacial score (nSPS) is 24.3. The second kappa shape index (κ2) is 9.61. The molecule has 3 fully saturated rings. The molecule has 6 nitrogen and oxygen atoms in total. The maximum absolute atomic E-state index is 12.8. The number of piperidine rings is 1. The molecule has 0 aromatic heterocycles. The summed E-state index contributed by atoms with van der Waals surface area (Å²) in [5, 5.41) is 3.06. The fourth-order valence-electron chi connectivity index (χ4n) is 4.55. The van der Waals surface area contributed by atoms with Gasteiger partial charge < -0.3 is 24.6 Å². The van der Waals surface area contributed by atoms with Crippen LogP contribution in [0.25, 0.3) is 0 Å². The molecule has 0 spiro atoms. The van der Waals surface area contributed by atoms with Crippen molar-refractivity contribution in [2.24, 2.45) is 0 Å². The van der Waals surface area contributed by atoms with Crippen molar-refractivity contribution in [1.82, 2.24) is 9.80 Å². The number of carbonyl (C=O) groups is 1. The van der Waals surface area contributed by atoms with E-state index < -0.39 is 0 Å². The number of benzene rings is 1. The highest BCUT2D eigenvalue weighted by Crippen LogP contribution is 2.26. The van der Waals surface area contributed by atoms with Gasteiger partial charge in [0, 0.05) is 25.7 Å². The van der Waals surface area contributed by atoms with E-state index in [1.165, 1.54) is 32.4 Å². The molecule has 154 valence electrons. The summed E-state index contributed by atoms with van der Waals surface area (Å²) in [6.45, 7) is 5.46. The molecule has 3 heterocycles. The lowest BCUT2D eigenvalue weighted by atomic mass is 10.0. The van der Waals surface area contributed by atoms with E-state index in [2.05, 4.69) is 10.2 Å². The fraction of sp³-hybridized carbons (Fsp3) is 0.682. The number of likely N-dealkylation sites (tertiary alicyclic amines) is 2. The maximum Gasteiger partial charge on any atom is 0.321 e. The number of rotatable bonds is 5. The standard InChI is InChI=1S/C22H33N3O3/c26-22(25-14-10-18(11-15-25)24-12-4-5-13-24)23-20-8-1-2-9-21(20)28-17-19-7-3-6-16-27-19/h1-2,8-9,18-19H,3-7,10-17H2,(H,23,26). The molecule has 1 N–H and O–H groups in total. The Balaban J connectivity index is 1.28. The SMILES string of the molecule is O=C(Nc1ccccc1OCC1CCCCO1)N1CCC(N2CCCC2)CC1. The molecule has 1 atom stereocenters. The first kappa shape index (κ1) is 19.5. The summed E-state index contributed by atoms with van der Waals surface area (Å²) in [7, 11) is 0. The summed E-state index contributed by atoms with van der Waals surface area (Å²) in [6.07, 6.45) is 8.32. The van der Waals surface area contributed by atoms with Crippen LogP contribution < -0.4 is 10.1 Å². The zero-order valence-corrected chi connectivity index (χ0v) is 16.8. The van der Waals surface area contributed by atoms with Crippen molar-refractivity contribution in [3.8, 4) is 5.75 Å². The van der Waals surface area contributed by atoms with Crippen molar-refractivity contribution in [2.45, 2.75) is 57.1 Å². The molecule has 0 aliphatic carbocycles. The maximum atomic E-state index is 12.8. The summed E-state index contributed by atoms with van der Waals surface area (Å²) < 4.78 is 11.7. The number of urea groups is 1. The van der Waals surface area contributed by atoms with Crippen LogP contribution in [-0.4, -0.2) is 67.4 Å². The summed E-state index contributed by atoms with van der Waals surface area (Å²) >= 11 is 0. The van der Waals surface area contributed by atoms with Crippen molar-refractivity contribution in [3.63, 3.8) is 0 Å². The second-order valence-corrected chi connectivity index (χ2v) is 8.19. The molecule has 4 rings (SSSR count). The van der Waals surface area contributed by atoms with Gasteiger partial charge in [0.2, 0.25) is 0 Å². The van der Waals surface area contributed by atoms with Crippen molar-refractivity contribution in [2.75, 3.05) is 44.7 Å². The zero-order chi connectivity index (χ0) is 19.2. The van der Waals surface area contributed by atoms with Gasteiger partial charge in [-0.05, 0) is 70.2 Å². The van der Waals surface area contributed by atoms with E-state index in [4.69, 9.17) is 9.47 Å². The summed E-state index contributed by atoms with van der Waals surface area (Å²) in [4.78, 5) is 17.3. The quantitative estimate of drug-likeness (QED) is 0.837. The van der Waals surface area contributed by atoms with E-state index in [1.807, 2.05) is 29.2 Å². The molecule has 0 radical (unpaired) electrons. The van der Waals surface area contributed by atoms with Gasteiger partial charge in [0.15, 0.2) is 0 Å². The molecule has 3 aliphatic rings. The average Bonchev–Trinajstić information content (AvgIpc) is 3.29. The number of nitrogens with zero attached hydrogens (tertiary/aromatic N) is 2. The average molecular weight is 388 g/mol. The molecule has 2 amide bonds. The third-order valence-electron chi connectivity index (χ3n) is 6.24. The van der Waals surface area contributed by atoms with Crippen molar-refractivity contribution >= 4 is 11.7 Å². The van der Waals surface area contributed by atoms with Crippen molar-refractivity contribution in [3.05, 3.63) is 24.3 Å². The first-order valence-corrected chi connectivity index (χ1v) is 10.9. The van der Waals surface area contributed by atoms with Crippen molar-refractivity contribution < 1.29 is 14.3 Å². The molecule has 28 heavy (non-hydrogen) atoms. The molecule has 1 unspecified atom stereocenters. The van der Waals surface area contributed by atoms with E-state index in [0.29, 0.717) is 12.6 Å². The van der Waals surface area contributed by atoms with Gasteiger partial charge in [0.05, 0.1) is 11.8 Å². The number of hydrogen-bond donors (Lipinski definition) is 1. The highest BCUT2D eigenvalue weighted by molar-refractivity contribution is 5.91. The van der Waals surface area contributed by atoms with Crippen molar-refractivity contribution in [1.29, 1.82) is 0 Å². The fourth-order valence-corrected chi connectivity index (χ4v) is 4.55. The smallest absolute Gasteiger partial charge is 0.321 e. The van der Waals surface area contributed by atoms with Gasteiger partial charge in [0.1, 0.15) is 12.4 Å². The Kier molecular flexibility index (Phi) is 6.70. The van der Waals surface area contributed by atoms with E-state index in [-0.39, 0.29) is 12.1 Å². The number of para-hydroxylation sites is 2.